The maximum Gasteiger partial charge on any atom is 0.308 e. The third kappa shape index (κ3) is 2.64. The van der Waals surface area contributed by atoms with E-state index >= 15 is 0 Å². The average molecular weight is 272 g/mol. The van der Waals surface area contributed by atoms with Gasteiger partial charge in [0, 0.05) is 6.04 Å². The number of hydrogen-bond acceptors (Lipinski definition) is 5. The Morgan fingerprint density at radius 2 is 2.39 bits per heavy atom. The van der Waals surface area contributed by atoms with Crippen LogP contribution < -0.4 is 10.9 Å². The Balaban J connectivity index is 2.02. The molecule has 1 aromatic heterocycles. The lowest BCUT2D eigenvalue weighted by atomic mass is 10.1. The molecule has 0 aliphatic heterocycles. The minimum Gasteiger partial charge on any atom is -0.469 e. The van der Waals surface area contributed by atoms with Gasteiger partial charge in [0.2, 0.25) is 0 Å². The van der Waals surface area contributed by atoms with Crippen molar-refractivity contribution in [2.45, 2.75) is 25.3 Å². The van der Waals surface area contributed by atoms with E-state index in [1.54, 1.807) is 0 Å². The first-order valence-corrected chi connectivity index (χ1v) is 6.07. The number of carbonyl (C=O) groups is 1. The molecule has 1 saturated carbocycles. The summed E-state index contributed by atoms with van der Waals surface area (Å²) in [6.45, 7) is 0. The molecule has 1 aliphatic carbocycles. The molecular formula is C11H14ClN3O3. The monoisotopic (exact) mass is 271 g/mol. The van der Waals surface area contributed by atoms with Crippen LogP contribution in [0.4, 0.5) is 5.69 Å². The summed E-state index contributed by atoms with van der Waals surface area (Å²) in [5, 5.41) is 9.16. The second kappa shape index (κ2) is 5.39. The number of carbonyl (C=O) groups excluding carboxylic acids is 1. The summed E-state index contributed by atoms with van der Waals surface area (Å²) in [6, 6.07) is 0.107. The molecule has 0 bridgehead atoms. The van der Waals surface area contributed by atoms with Crippen LogP contribution in [0.5, 0.6) is 0 Å². The molecule has 0 saturated heterocycles. The van der Waals surface area contributed by atoms with Gasteiger partial charge in [0.25, 0.3) is 5.56 Å². The molecule has 0 radical (unpaired) electrons. The molecule has 1 heterocycles. The minimum absolute atomic E-state index is 0.0822. The summed E-state index contributed by atoms with van der Waals surface area (Å²) in [5.74, 6) is -0.268. The van der Waals surface area contributed by atoms with E-state index in [0.717, 1.165) is 12.8 Å². The third-order valence-electron chi connectivity index (χ3n) is 3.12. The zero-order valence-corrected chi connectivity index (χ0v) is 10.7. The van der Waals surface area contributed by atoms with Gasteiger partial charge in [0.15, 0.2) is 0 Å². The number of methoxy groups -OCH3 is 1. The van der Waals surface area contributed by atoms with Crippen LogP contribution in [-0.2, 0) is 9.53 Å². The van der Waals surface area contributed by atoms with E-state index in [1.165, 1.54) is 13.3 Å². The number of H-pyrrole nitrogens is 1. The fraction of sp³-hybridized carbons (Fsp3) is 0.545. The summed E-state index contributed by atoms with van der Waals surface area (Å²) in [4.78, 5) is 22.7. The lowest BCUT2D eigenvalue weighted by Gasteiger charge is -2.14. The Morgan fingerprint density at radius 3 is 3.11 bits per heavy atom. The number of nitrogens with one attached hydrogen (secondary N) is 2. The van der Waals surface area contributed by atoms with Crippen LogP contribution in [-0.4, -0.2) is 29.3 Å². The van der Waals surface area contributed by atoms with Crippen LogP contribution in [0.2, 0.25) is 5.02 Å². The maximum absolute atomic E-state index is 11.4. The summed E-state index contributed by atoms with van der Waals surface area (Å²) in [6.07, 6.45) is 3.76. The van der Waals surface area contributed by atoms with Crippen molar-refractivity contribution in [1.29, 1.82) is 0 Å². The highest BCUT2D eigenvalue weighted by molar-refractivity contribution is 6.32. The number of esters is 1. The number of halogens is 1. The summed E-state index contributed by atoms with van der Waals surface area (Å²) in [7, 11) is 1.39. The van der Waals surface area contributed by atoms with Gasteiger partial charge in [-0.3, -0.25) is 9.59 Å². The molecule has 1 fully saturated rings. The Bertz CT molecular complexity index is 503. The van der Waals surface area contributed by atoms with Crippen molar-refractivity contribution in [3.8, 4) is 0 Å². The highest BCUT2D eigenvalue weighted by atomic mass is 35.5. The predicted molar refractivity (Wildman–Crippen MR) is 66.6 cm³/mol. The Kier molecular flexibility index (Phi) is 3.86. The quantitative estimate of drug-likeness (QED) is 0.807. The van der Waals surface area contributed by atoms with Gasteiger partial charge >= 0.3 is 5.97 Å². The van der Waals surface area contributed by atoms with Crippen molar-refractivity contribution in [3.63, 3.8) is 0 Å². The van der Waals surface area contributed by atoms with Crippen molar-refractivity contribution in [3.05, 3.63) is 21.6 Å². The number of anilines is 1. The number of rotatable bonds is 3. The molecule has 18 heavy (non-hydrogen) atoms. The second-order valence-corrected chi connectivity index (χ2v) is 4.68. The maximum atomic E-state index is 11.4. The smallest absolute Gasteiger partial charge is 0.308 e. The van der Waals surface area contributed by atoms with Crippen LogP contribution in [0.3, 0.4) is 0 Å². The first kappa shape index (κ1) is 12.9. The van der Waals surface area contributed by atoms with Crippen molar-refractivity contribution in [1.82, 2.24) is 10.2 Å². The fourth-order valence-electron chi connectivity index (χ4n) is 2.20. The van der Waals surface area contributed by atoms with E-state index in [0.29, 0.717) is 12.1 Å². The summed E-state index contributed by atoms with van der Waals surface area (Å²) < 4.78 is 4.72. The van der Waals surface area contributed by atoms with Crippen LogP contribution in [0.15, 0.2) is 11.0 Å². The van der Waals surface area contributed by atoms with Crippen molar-refractivity contribution >= 4 is 23.3 Å². The molecule has 1 aromatic rings. The number of nitrogens with zero attached hydrogens (tertiary/aromatic N) is 1. The van der Waals surface area contributed by atoms with Gasteiger partial charge in [-0.15, -0.1) is 0 Å². The van der Waals surface area contributed by atoms with Crippen molar-refractivity contribution < 1.29 is 9.53 Å². The van der Waals surface area contributed by atoms with Gasteiger partial charge in [-0.1, -0.05) is 11.6 Å². The molecule has 0 amide bonds. The van der Waals surface area contributed by atoms with Gasteiger partial charge < -0.3 is 10.1 Å². The number of hydrogen-bond donors (Lipinski definition) is 2. The molecule has 7 heteroatoms. The lowest BCUT2D eigenvalue weighted by Crippen LogP contribution is -2.21. The largest absolute Gasteiger partial charge is 0.469 e. The Hall–Kier alpha value is -1.56. The molecule has 0 aromatic carbocycles. The van der Waals surface area contributed by atoms with E-state index in [1.807, 2.05) is 0 Å². The lowest BCUT2D eigenvalue weighted by molar-refractivity contribution is -0.145. The predicted octanol–water partition coefficient (Wildman–Crippen LogP) is 1.18. The van der Waals surface area contributed by atoms with E-state index in [4.69, 9.17) is 16.3 Å². The molecule has 0 spiro atoms. The molecular weight excluding hydrogens is 258 g/mol. The number of aromatic nitrogens is 2. The van der Waals surface area contributed by atoms with Gasteiger partial charge in [-0.25, -0.2) is 5.10 Å². The standard InChI is InChI=1S/C11H14ClN3O3/c1-18-11(17)6-2-3-7(4-6)14-8-5-13-15-10(16)9(8)12/h5-7H,2-4H2,1H3,(H2,14,15,16)/t6-,7+/m0/s1. The number of aromatic amines is 1. The van der Waals surface area contributed by atoms with Gasteiger partial charge in [0.05, 0.1) is 24.9 Å². The summed E-state index contributed by atoms with van der Waals surface area (Å²) in [5.41, 5.74) is 0.0696. The first-order chi connectivity index (χ1) is 8.61. The van der Waals surface area contributed by atoms with E-state index in [2.05, 4.69) is 15.5 Å². The SMILES string of the molecule is COC(=O)[C@H]1CC[C@@H](Nc2cn[nH]c(=O)c2Cl)C1. The van der Waals surface area contributed by atoms with E-state index in [9.17, 15) is 9.59 Å². The van der Waals surface area contributed by atoms with Gasteiger partial charge in [-0.2, -0.15) is 5.10 Å². The van der Waals surface area contributed by atoms with E-state index < -0.39 is 5.56 Å². The average Bonchev–Trinajstić information content (AvgIpc) is 2.82. The van der Waals surface area contributed by atoms with Crippen LogP contribution in [0, 0.1) is 5.92 Å². The van der Waals surface area contributed by atoms with Crippen LogP contribution in [0.25, 0.3) is 0 Å². The highest BCUT2D eigenvalue weighted by Crippen LogP contribution is 2.29. The normalized spacial score (nSPS) is 22.8. The molecule has 0 unspecified atom stereocenters. The zero-order valence-electron chi connectivity index (χ0n) is 9.90. The Morgan fingerprint density at radius 1 is 1.61 bits per heavy atom. The first-order valence-electron chi connectivity index (χ1n) is 5.69. The topological polar surface area (TPSA) is 84.1 Å². The fourth-order valence-corrected chi connectivity index (χ4v) is 2.34. The molecule has 2 rings (SSSR count). The highest BCUT2D eigenvalue weighted by Gasteiger charge is 2.30. The number of ether oxygens (including phenoxy) is 1. The third-order valence-corrected chi connectivity index (χ3v) is 3.50. The molecule has 2 atom stereocenters. The van der Waals surface area contributed by atoms with Gasteiger partial charge in [-0.05, 0) is 19.3 Å². The molecule has 98 valence electrons. The molecule has 6 nitrogen and oxygen atoms in total. The van der Waals surface area contributed by atoms with Crippen molar-refractivity contribution in [2.24, 2.45) is 5.92 Å². The minimum atomic E-state index is -0.427. The van der Waals surface area contributed by atoms with Crippen LogP contribution >= 0.6 is 11.6 Å². The van der Waals surface area contributed by atoms with E-state index in [-0.39, 0.29) is 23.0 Å². The van der Waals surface area contributed by atoms with Crippen molar-refractivity contribution in [2.75, 3.05) is 12.4 Å². The zero-order chi connectivity index (χ0) is 13.1. The Labute approximate surface area is 109 Å². The van der Waals surface area contributed by atoms with Crippen LogP contribution in [0.1, 0.15) is 19.3 Å². The second-order valence-electron chi connectivity index (χ2n) is 4.30. The summed E-state index contributed by atoms with van der Waals surface area (Å²) >= 11 is 5.86. The molecule has 2 N–H and O–H groups in total. The van der Waals surface area contributed by atoms with Gasteiger partial charge in [0.1, 0.15) is 5.02 Å². The molecule has 1 aliphatic rings.